The maximum atomic E-state index is 11.6. The molecule has 1 aromatic carbocycles. The summed E-state index contributed by atoms with van der Waals surface area (Å²) in [6.45, 7) is 3.19. The Labute approximate surface area is 111 Å². The molecule has 0 aromatic heterocycles. The number of anilines is 2. The molecule has 2 amide bonds. The smallest absolute Gasteiger partial charge is 0.258 e. The van der Waals surface area contributed by atoms with Crippen LogP contribution in [0.4, 0.5) is 11.4 Å². The van der Waals surface area contributed by atoms with Crippen LogP contribution in [0, 0.1) is 0 Å². The van der Waals surface area contributed by atoms with E-state index < -0.39 is 0 Å². The highest BCUT2D eigenvalue weighted by atomic mass is 16.5. The Bertz CT molecular complexity index is 512. The van der Waals surface area contributed by atoms with E-state index in [0.29, 0.717) is 5.69 Å². The Hall–Kier alpha value is -2.14. The van der Waals surface area contributed by atoms with Crippen LogP contribution in [0.1, 0.15) is 0 Å². The van der Waals surface area contributed by atoms with E-state index in [0.717, 1.165) is 32.0 Å². The van der Waals surface area contributed by atoms with Crippen molar-refractivity contribution in [3.05, 3.63) is 36.4 Å². The molecule has 0 spiro atoms. The van der Waals surface area contributed by atoms with Crippen LogP contribution in [0.25, 0.3) is 0 Å². The van der Waals surface area contributed by atoms with Gasteiger partial charge in [-0.25, -0.2) is 4.90 Å². The summed E-state index contributed by atoms with van der Waals surface area (Å²) in [6, 6.07) is 7.46. The van der Waals surface area contributed by atoms with Gasteiger partial charge in [-0.2, -0.15) is 0 Å². The summed E-state index contributed by atoms with van der Waals surface area (Å²) in [5.41, 5.74) is 1.69. The zero-order valence-electron chi connectivity index (χ0n) is 10.4. The van der Waals surface area contributed by atoms with Crippen LogP contribution in [0.3, 0.4) is 0 Å². The summed E-state index contributed by atoms with van der Waals surface area (Å²) in [5, 5.41) is 0. The van der Waals surface area contributed by atoms with Crippen LogP contribution in [0.2, 0.25) is 0 Å². The number of benzene rings is 1. The summed E-state index contributed by atoms with van der Waals surface area (Å²) in [7, 11) is 0. The Kier molecular flexibility index (Phi) is 3.05. The van der Waals surface area contributed by atoms with E-state index in [1.54, 1.807) is 12.1 Å². The number of amides is 2. The highest BCUT2D eigenvalue weighted by Gasteiger charge is 2.25. The van der Waals surface area contributed by atoms with Crippen molar-refractivity contribution < 1.29 is 14.3 Å². The van der Waals surface area contributed by atoms with Crippen molar-refractivity contribution in [3.8, 4) is 0 Å². The first kappa shape index (κ1) is 11.9. The first-order valence-electron chi connectivity index (χ1n) is 6.24. The molecular weight excluding hydrogens is 244 g/mol. The molecule has 2 heterocycles. The molecule has 0 bridgehead atoms. The van der Waals surface area contributed by atoms with E-state index in [1.807, 2.05) is 12.1 Å². The van der Waals surface area contributed by atoms with Gasteiger partial charge in [0, 0.05) is 30.9 Å². The standard InChI is InChI=1S/C14H14N2O3/c17-13-5-6-14(18)16(13)12-3-1-11(2-4-12)15-7-9-19-10-8-15/h1-6H,7-10H2. The molecule has 1 aromatic rings. The average Bonchev–Trinajstić information content (AvgIpc) is 2.79. The van der Waals surface area contributed by atoms with E-state index in [2.05, 4.69) is 4.90 Å². The van der Waals surface area contributed by atoms with Gasteiger partial charge in [-0.05, 0) is 24.3 Å². The second kappa shape index (κ2) is 4.85. The largest absolute Gasteiger partial charge is 0.378 e. The van der Waals surface area contributed by atoms with Gasteiger partial charge in [0.05, 0.1) is 18.9 Å². The molecule has 0 radical (unpaired) electrons. The van der Waals surface area contributed by atoms with Crippen LogP contribution in [0.15, 0.2) is 36.4 Å². The van der Waals surface area contributed by atoms with E-state index in [-0.39, 0.29) is 11.8 Å². The molecule has 0 aliphatic carbocycles. The number of morpholine rings is 1. The second-order valence-corrected chi connectivity index (χ2v) is 4.46. The summed E-state index contributed by atoms with van der Waals surface area (Å²) in [5.74, 6) is -0.576. The first-order chi connectivity index (χ1) is 9.25. The predicted molar refractivity (Wildman–Crippen MR) is 71.1 cm³/mol. The first-order valence-corrected chi connectivity index (χ1v) is 6.24. The predicted octanol–water partition coefficient (Wildman–Crippen LogP) is 0.953. The van der Waals surface area contributed by atoms with Gasteiger partial charge in [0.25, 0.3) is 11.8 Å². The number of imide groups is 1. The number of carbonyl (C=O) groups excluding carboxylic acids is 2. The highest BCUT2D eigenvalue weighted by Crippen LogP contribution is 2.23. The lowest BCUT2D eigenvalue weighted by Crippen LogP contribution is -2.36. The molecule has 3 rings (SSSR count). The third-order valence-corrected chi connectivity index (χ3v) is 3.29. The van der Waals surface area contributed by atoms with Crippen LogP contribution < -0.4 is 9.80 Å². The molecule has 2 aliphatic heterocycles. The van der Waals surface area contributed by atoms with Crippen molar-refractivity contribution in [2.45, 2.75) is 0 Å². The number of rotatable bonds is 2. The molecule has 5 nitrogen and oxygen atoms in total. The zero-order chi connectivity index (χ0) is 13.2. The minimum atomic E-state index is -0.288. The van der Waals surface area contributed by atoms with Crippen molar-refractivity contribution in [3.63, 3.8) is 0 Å². The van der Waals surface area contributed by atoms with Gasteiger partial charge in [0.1, 0.15) is 0 Å². The van der Waals surface area contributed by atoms with E-state index in [1.165, 1.54) is 17.1 Å². The van der Waals surface area contributed by atoms with Gasteiger partial charge < -0.3 is 9.64 Å². The Morgan fingerprint density at radius 3 is 1.95 bits per heavy atom. The fourth-order valence-electron chi connectivity index (χ4n) is 2.29. The molecule has 0 N–H and O–H groups in total. The number of ether oxygens (including phenoxy) is 1. The summed E-state index contributed by atoms with van der Waals surface area (Å²) in [4.78, 5) is 26.5. The monoisotopic (exact) mass is 258 g/mol. The van der Waals surface area contributed by atoms with Crippen molar-refractivity contribution in [2.24, 2.45) is 0 Å². The molecule has 0 saturated carbocycles. The minimum Gasteiger partial charge on any atom is -0.378 e. The lowest BCUT2D eigenvalue weighted by Gasteiger charge is -2.29. The fraction of sp³-hybridized carbons (Fsp3) is 0.286. The normalized spacial score (nSPS) is 19.4. The van der Waals surface area contributed by atoms with Gasteiger partial charge in [-0.1, -0.05) is 0 Å². The van der Waals surface area contributed by atoms with Crippen LogP contribution in [-0.4, -0.2) is 38.1 Å². The maximum absolute atomic E-state index is 11.6. The number of hydrogen-bond donors (Lipinski definition) is 0. The fourth-order valence-corrected chi connectivity index (χ4v) is 2.29. The summed E-state index contributed by atoms with van der Waals surface area (Å²) >= 11 is 0. The molecule has 0 unspecified atom stereocenters. The topological polar surface area (TPSA) is 49.9 Å². The van der Waals surface area contributed by atoms with Crippen LogP contribution >= 0.6 is 0 Å². The van der Waals surface area contributed by atoms with Crippen molar-refractivity contribution >= 4 is 23.2 Å². The maximum Gasteiger partial charge on any atom is 0.258 e. The molecule has 1 fully saturated rings. The average molecular weight is 258 g/mol. The number of carbonyl (C=O) groups is 2. The summed E-state index contributed by atoms with van der Waals surface area (Å²) in [6.07, 6.45) is 2.58. The highest BCUT2D eigenvalue weighted by molar-refractivity contribution is 6.28. The third-order valence-electron chi connectivity index (χ3n) is 3.29. The van der Waals surface area contributed by atoms with Gasteiger partial charge in [0.15, 0.2) is 0 Å². The van der Waals surface area contributed by atoms with Crippen molar-refractivity contribution in [2.75, 3.05) is 36.1 Å². The Morgan fingerprint density at radius 2 is 1.37 bits per heavy atom. The van der Waals surface area contributed by atoms with Gasteiger partial charge >= 0.3 is 0 Å². The van der Waals surface area contributed by atoms with Gasteiger partial charge in [0.2, 0.25) is 0 Å². The molecule has 0 atom stereocenters. The van der Waals surface area contributed by atoms with E-state index in [9.17, 15) is 9.59 Å². The second-order valence-electron chi connectivity index (χ2n) is 4.46. The zero-order valence-corrected chi connectivity index (χ0v) is 10.4. The Balaban J connectivity index is 1.79. The summed E-state index contributed by atoms with van der Waals surface area (Å²) < 4.78 is 5.31. The molecule has 1 saturated heterocycles. The van der Waals surface area contributed by atoms with E-state index in [4.69, 9.17) is 4.74 Å². The molecule has 2 aliphatic rings. The van der Waals surface area contributed by atoms with Gasteiger partial charge in [-0.3, -0.25) is 9.59 Å². The molecule has 98 valence electrons. The van der Waals surface area contributed by atoms with Crippen LogP contribution in [0.5, 0.6) is 0 Å². The third kappa shape index (κ3) is 2.24. The minimum absolute atomic E-state index is 0.288. The lowest BCUT2D eigenvalue weighted by atomic mass is 10.2. The lowest BCUT2D eigenvalue weighted by molar-refractivity contribution is -0.119. The van der Waals surface area contributed by atoms with E-state index >= 15 is 0 Å². The molecule has 19 heavy (non-hydrogen) atoms. The molecule has 5 heteroatoms. The number of nitrogens with zero attached hydrogens (tertiary/aromatic N) is 2. The quantitative estimate of drug-likeness (QED) is 0.741. The SMILES string of the molecule is O=C1C=CC(=O)N1c1ccc(N2CCOCC2)cc1. The molecular formula is C14H14N2O3. The number of hydrogen-bond acceptors (Lipinski definition) is 4. The van der Waals surface area contributed by atoms with Gasteiger partial charge in [-0.15, -0.1) is 0 Å². The Morgan fingerprint density at radius 1 is 0.842 bits per heavy atom. The van der Waals surface area contributed by atoms with Crippen LogP contribution in [-0.2, 0) is 14.3 Å². The van der Waals surface area contributed by atoms with Crippen molar-refractivity contribution in [1.29, 1.82) is 0 Å². The van der Waals surface area contributed by atoms with Crippen molar-refractivity contribution in [1.82, 2.24) is 0 Å².